The van der Waals surface area contributed by atoms with Gasteiger partial charge < -0.3 is 4.74 Å². The highest BCUT2D eigenvalue weighted by Crippen LogP contribution is 2.39. The van der Waals surface area contributed by atoms with Gasteiger partial charge in [-0.2, -0.15) is 0 Å². The summed E-state index contributed by atoms with van der Waals surface area (Å²) in [6.45, 7) is 3.90. The summed E-state index contributed by atoms with van der Waals surface area (Å²) in [4.78, 5) is 11.5. The van der Waals surface area contributed by atoms with Crippen LogP contribution in [0.1, 0.15) is 36.2 Å². The maximum Gasteiger partial charge on any atom is 0.339 e. The van der Waals surface area contributed by atoms with Crippen molar-refractivity contribution in [1.29, 1.82) is 0 Å². The van der Waals surface area contributed by atoms with Gasteiger partial charge in [0.15, 0.2) is 0 Å². The Bertz CT molecular complexity index is 400. The molecule has 1 aliphatic rings. The summed E-state index contributed by atoms with van der Waals surface area (Å²) >= 11 is 5.89. The summed E-state index contributed by atoms with van der Waals surface area (Å²) in [7, 11) is 0. The first-order chi connectivity index (χ1) is 6.57. The molecule has 2 rings (SSSR count). The number of carbonyl (C=O) groups excluding carboxylic acids is 1. The first kappa shape index (κ1) is 9.53. The monoisotopic (exact) mass is 210 g/mol. The molecule has 0 bridgehead atoms. The van der Waals surface area contributed by atoms with Crippen molar-refractivity contribution in [2.75, 3.05) is 0 Å². The molecule has 14 heavy (non-hydrogen) atoms. The van der Waals surface area contributed by atoms with Crippen molar-refractivity contribution in [2.45, 2.75) is 25.9 Å². The fraction of sp³-hybridized carbons (Fsp3) is 0.364. The Kier molecular flexibility index (Phi) is 2.04. The largest absolute Gasteiger partial charge is 0.451 e. The van der Waals surface area contributed by atoms with E-state index in [1.165, 1.54) is 0 Å². The molecule has 2 nitrogen and oxygen atoms in total. The van der Waals surface area contributed by atoms with Crippen LogP contribution in [0.25, 0.3) is 0 Å². The molecule has 74 valence electrons. The van der Waals surface area contributed by atoms with E-state index < -0.39 is 5.60 Å². The van der Waals surface area contributed by atoms with Crippen molar-refractivity contribution in [1.82, 2.24) is 0 Å². The predicted molar refractivity (Wildman–Crippen MR) is 54.5 cm³/mol. The molecule has 1 atom stereocenters. The van der Waals surface area contributed by atoms with Crippen molar-refractivity contribution >= 4 is 17.6 Å². The summed E-state index contributed by atoms with van der Waals surface area (Å²) in [5, 5.41) is 0.640. The van der Waals surface area contributed by atoms with Crippen LogP contribution in [0.15, 0.2) is 18.2 Å². The Hall–Kier alpha value is -1.02. The molecule has 0 fully saturated rings. The van der Waals surface area contributed by atoms with E-state index in [1.54, 1.807) is 12.1 Å². The zero-order valence-electron chi connectivity index (χ0n) is 8.13. The van der Waals surface area contributed by atoms with Gasteiger partial charge in [0.25, 0.3) is 0 Å². The molecule has 1 heterocycles. The number of fused-ring (bicyclic) bond motifs is 1. The molecular weight excluding hydrogens is 200 g/mol. The third kappa shape index (κ3) is 1.22. The Balaban J connectivity index is 2.62. The lowest BCUT2D eigenvalue weighted by Crippen LogP contribution is -2.20. The quantitative estimate of drug-likeness (QED) is 0.666. The molecule has 0 amide bonds. The minimum atomic E-state index is -0.503. The molecule has 1 aromatic rings. The second-order valence-electron chi connectivity index (χ2n) is 3.66. The third-order valence-corrected chi connectivity index (χ3v) is 3.00. The second-order valence-corrected chi connectivity index (χ2v) is 4.10. The average Bonchev–Trinajstić information content (AvgIpc) is 2.40. The lowest BCUT2D eigenvalue weighted by atomic mass is 9.92. The number of ether oxygens (including phenoxy) is 1. The number of carbonyl (C=O) groups is 1. The van der Waals surface area contributed by atoms with Crippen LogP contribution in [0.2, 0.25) is 5.02 Å². The van der Waals surface area contributed by atoms with E-state index in [9.17, 15) is 4.79 Å². The number of esters is 1. The number of benzene rings is 1. The molecule has 0 aliphatic carbocycles. The highest BCUT2D eigenvalue weighted by molar-refractivity contribution is 6.30. The average molecular weight is 211 g/mol. The van der Waals surface area contributed by atoms with Crippen LogP contribution >= 0.6 is 11.6 Å². The molecule has 0 saturated heterocycles. The molecule has 1 unspecified atom stereocenters. The van der Waals surface area contributed by atoms with E-state index in [2.05, 4.69) is 0 Å². The van der Waals surface area contributed by atoms with Crippen LogP contribution < -0.4 is 0 Å². The summed E-state index contributed by atoms with van der Waals surface area (Å²) < 4.78 is 5.33. The number of halogens is 1. The molecule has 3 heteroatoms. The first-order valence-corrected chi connectivity index (χ1v) is 4.98. The van der Waals surface area contributed by atoms with Crippen LogP contribution in [-0.2, 0) is 10.3 Å². The Labute approximate surface area is 87.8 Å². The summed E-state index contributed by atoms with van der Waals surface area (Å²) in [6, 6.07) is 5.25. The van der Waals surface area contributed by atoms with Gasteiger partial charge in [-0.25, -0.2) is 4.79 Å². The van der Waals surface area contributed by atoms with Gasteiger partial charge in [0.1, 0.15) is 5.60 Å². The minimum absolute atomic E-state index is 0.249. The third-order valence-electron chi connectivity index (χ3n) is 2.76. The lowest BCUT2D eigenvalue weighted by molar-refractivity contribution is -0.000769. The predicted octanol–water partition coefficient (Wildman–Crippen LogP) is 3.14. The van der Waals surface area contributed by atoms with Crippen LogP contribution in [0, 0.1) is 0 Å². The Morgan fingerprint density at radius 3 is 2.86 bits per heavy atom. The number of hydrogen-bond donors (Lipinski definition) is 0. The standard InChI is InChI=1S/C11H11ClO2/c1-3-11(2)9-6-7(12)4-5-8(9)10(13)14-11/h4-6H,3H2,1-2H3. The van der Waals surface area contributed by atoms with Gasteiger partial charge in [0.2, 0.25) is 0 Å². The Morgan fingerprint density at radius 1 is 1.50 bits per heavy atom. The van der Waals surface area contributed by atoms with Crippen LogP contribution in [0.3, 0.4) is 0 Å². The normalized spacial score (nSPS) is 24.6. The highest BCUT2D eigenvalue weighted by Gasteiger charge is 2.40. The number of hydrogen-bond acceptors (Lipinski definition) is 2. The zero-order chi connectivity index (χ0) is 10.3. The van der Waals surface area contributed by atoms with Crippen molar-refractivity contribution in [2.24, 2.45) is 0 Å². The summed E-state index contributed by atoms with van der Waals surface area (Å²) in [6.07, 6.45) is 0.756. The van der Waals surface area contributed by atoms with Crippen molar-refractivity contribution < 1.29 is 9.53 Å². The highest BCUT2D eigenvalue weighted by atomic mass is 35.5. The van der Waals surface area contributed by atoms with E-state index in [4.69, 9.17) is 16.3 Å². The number of cyclic esters (lactones) is 1. The molecular formula is C11H11ClO2. The molecule has 0 radical (unpaired) electrons. The second kappa shape index (κ2) is 2.99. The van der Waals surface area contributed by atoms with Crippen LogP contribution in [0.4, 0.5) is 0 Å². The molecule has 1 aromatic carbocycles. The maximum atomic E-state index is 11.5. The Morgan fingerprint density at radius 2 is 2.21 bits per heavy atom. The summed E-state index contributed by atoms with van der Waals surface area (Å²) in [5.74, 6) is -0.249. The van der Waals surface area contributed by atoms with Crippen molar-refractivity contribution in [3.05, 3.63) is 34.3 Å². The van der Waals surface area contributed by atoms with E-state index in [0.717, 1.165) is 12.0 Å². The number of rotatable bonds is 1. The van der Waals surface area contributed by atoms with Crippen molar-refractivity contribution in [3.63, 3.8) is 0 Å². The summed E-state index contributed by atoms with van der Waals surface area (Å²) in [5.41, 5.74) is 1.04. The van der Waals surface area contributed by atoms with Crippen molar-refractivity contribution in [3.8, 4) is 0 Å². The van der Waals surface area contributed by atoms with Gasteiger partial charge in [-0.3, -0.25) is 0 Å². The van der Waals surface area contributed by atoms with E-state index in [1.807, 2.05) is 19.9 Å². The fourth-order valence-corrected chi connectivity index (χ4v) is 1.88. The van der Waals surface area contributed by atoms with Gasteiger partial charge in [0.05, 0.1) is 5.56 Å². The van der Waals surface area contributed by atoms with E-state index in [-0.39, 0.29) is 5.97 Å². The fourth-order valence-electron chi connectivity index (χ4n) is 1.71. The van der Waals surface area contributed by atoms with Crippen LogP contribution in [-0.4, -0.2) is 5.97 Å². The SMILES string of the molecule is CCC1(C)OC(=O)c2ccc(Cl)cc21. The zero-order valence-corrected chi connectivity index (χ0v) is 8.89. The molecule has 0 aromatic heterocycles. The van der Waals surface area contributed by atoms with Gasteiger partial charge in [0, 0.05) is 10.6 Å². The maximum absolute atomic E-state index is 11.5. The lowest BCUT2D eigenvalue weighted by Gasteiger charge is -2.21. The van der Waals surface area contributed by atoms with E-state index in [0.29, 0.717) is 10.6 Å². The molecule has 0 saturated carbocycles. The topological polar surface area (TPSA) is 26.3 Å². The minimum Gasteiger partial charge on any atom is -0.451 e. The van der Waals surface area contributed by atoms with E-state index >= 15 is 0 Å². The smallest absolute Gasteiger partial charge is 0.339 e. The van der Waals surface area contributed by atoms with Crippen LogP contribution in [0.5, 0.6) is 0 Å². The van der Waals surface area contributed by atoms with Gasteiger partial charge in [-0.05, 0) is 31.5 Å². The van der Waals surface area contributed by atoms with Gasteiger partial charge >= 0.3 is 5.97 Å². The molecule has 1 aliphatic heterocycles. The molecule has 0 N–H and O–H groups in total. The first-order valence-electron chi connectivity index (χ1n) is 4.60. The molecule has 0 spiro atoms. The van der Waals surface area contributed by atoms with Gasteiger partial charge in [-0.1, -0.05) is 18.5 Å². The van der Waals surface area contributed by atoms with Gasteiger partial charge in [-0.15, -0.1) is 0 Å².